The van der Waals surface area contributed by atoms with Crippen molar-refractivity contribution in [2.45, 2.75) is 77.3 Å². The largest absolute Gasteiger partial charge is 0.352 e. The summed E-state index contributed by atoms with van der Waals surface area (Å²) in [5, 5.41) is 3.13. The van der Waals surface area contributed by atoms with E-state index in [9.17, 15) is 18.0 Å². The molecule has 0 aromatic heterocycles. The maximum Gasteiger partial charge on any atom is 0.244 e. The number of hydrogen-bond donors (Lipinski definition) is 1. The number of nitrogens with one attached hydrogen (secondary N) is 1. The Labute approximate surface area is 222 Å². The van der Waals surface area contributed by atoms with Gasteiger partial charge in [0.1, 0.15) is 12.6 Å². The zero-order valence-corrected chi connectivity index (χ0v) is 23.3. The minimum absolute atomic E-state index is 0.139. The molecular formula is C29H41N3O4S. The summed E-state index contributed by atoms with van der Waals surface area (Å²) >= 11 is 0. The Morgan fingerprint density at radius 3 is 2.16 bits per heavy atom. The van der Waals surface area contributed by atoms with E-state index in [-0.39, 0.29) is 24.4 Å². The van der Waals surface area contributed by atoms with Crippen LogP contribution >= 0.6 is 0 Å². The number of amides is 2. The molecule has 0 radical (unpaired) electrons. The number of sulfonamides is 1. The van der Waals surface area contributed by atoms with E-state index in [1.54, 1.807) is 17.0 Å². The highest BCUT2D eigenvalue weighted by molar-refractivity contribution is 7.92. The summed E-state index contributed by atoms with van der Waals surface area (Å²) in [6, 6.07) is 16.5. The van der Waals surface area contributed by atoms with Gasteiger partial charge in [0, 0.05) is 12.6 Å². The van der Waals surface area contributed by atoms with Gasteiger partial charge in [-0.3, -0.25) is 13.9 Å². The van der Waals surface area contributed by atoms with Crippen molar-refractivity contribution in [3.63, 3.8) is 0 Å². The van der Waals surface area contributed by atoms with Crippen molar-refractivity contribution in [1.82, 2.24) is 10.2 Å². The molecule has 0 heterocycles. The number of carbonyl (C=O) groups is 2. The van der Waals surface area contributed by atoms with Gasteiger partial charge in [-0.1, -0.05) is 76.1 Å². The van der Waals surface area contributed by atoms with Crippen LogP contribution in [0.25, 0.3) is 0 Å². The monoisotopic (exact) mass is 527 g/mol. The maximum atomic E-state index is 13.8. The van der Waals surface area contributed by atoms with Crippen molar-refractivity contribution >= 4 is 27.5 Å². The van der Waals surface area contributed by atoms with Crippen LogP contribution in [-0.2, 0) is 26.0 Å². The SMILES string of the molecule is CC[C@@H](C(=O)NC1CCCC1)N(CCc1ccccc1)C(=O)CN(c1ccc(C(C)C)cc1)S(C)(=O)=O. The van der Waals surface area contributed by atoms with Crippen LogP contribution in [0.1, 0.15) is 69.9 Å². The molecule has 1 aliphatic carbocycles. The van der Waals surface area contributed by atoms with Gasteiger partial charge < -0.3 is 10.2 Å². The fraction of sp³-hybridized carbons (Fsp3) is 0.517. The van der Waals surface area contributed by atoms with Crippen LogP contribution in [0.15, 0.2) is 54.6 Å². The highest BCUT2D eigenvalue weighted by Crippen LogP contribution is 2.23. The lowest BCUT2D eigenvalue weighted by Crippen LogP contribution is -2.54. The molecule has 0 bridgehead atoms. The smallest absolute Gasteiger partial charge is 0.244 e. The number of rotatable bonds is 12. The summed E-state index contributed by atoms with van der Waals surface area (Å²) in [6.07, 6.45) is 6.22. The van der Waals surface area contributed by atoms with Gasteiger partial charge in [0.05, 0.1) is 11.9 Å². The molecule has 37 heavy (non-hydrogen) atoms. The van der Waals surface area contributed by atoms with Crippen LogP contribution in [0, 0.1) is 0 Å². The van der Waals surface area contributed by atoms with Crippen LogP contribution < -0.4 is 9.62 Å². The third-order valence-corrected chi connectivity index (χ3v) is 8.24. The normalized spacial score (nSPS) is 14.9. The Morgan fingerprint density at radius 1 is 1.00 bits per heavy atom. The zero-order valence-electron chi connectivity index (χ0n) is 22.5. The molecule has 0 aliphatic heterocycles. The summed E-state index contributed by atoms with van der Waals surface area (Å²) in [5.74, 6) is -0.245. The lowest BCUT2D eigenvalue weighted by molar-refractivity contribution is -0.139. The third kappa shape index (κ3) is 8.06. The lowest BCUT2D eigenvalue weighted by Gasteiger charge is -2.33. The number of anilines is 1. The summed E-state index contributed by atoms with van der Waals surface area (Å²) in [4.78, 5) is 28.6. The van der Waals surface area contributed by atoms with E-state index >= 15 is 0 Å². The van der Waals surface area contributed by atoms with Crippen LogP contribution in [0.2, 0.25) is 0 Å². The molecule has 0 saturated heterocycles. The standard InChI is InChI=1S/C29H41N3O4S/c1-5-27(29(34)30-25-13-9-10-14-25)31(20-19-23-11-7-6-8-12-23)28(33)21-32(37(4,35)36)26-17-15-24(16-18-26)22(2)3/h6-8,11-12,15-18,22,25,27H,5,9-10,13-14,19-21H2,1-4H3,(H,30,34)/t27-/m0/s1. The molecule has 2 aromatic carbocycles. The molecule has 7 nitrogen and oxygen atoms in total. The number of hydrogen-bond acceptors (Lipinski definition) is 4. The van der Waals surface area contributed by atoms with E-state index in [1.807, 2.05) is 49.4 Å². The van der Waals surface area contributed by atoms with Crippen molar-refractivity contribution in [2.75, 3.05) is 23.7 Å². The Bertz CT molecular complexity index is 1130. The van der Waals surface area contributed by atoms with Crippen molar-refractivity contribution in [3.05, 3.63) is 65.7 Å². The third-order valence-electron chi connectivity index (χ3n) is 7.10. The highest BCUT2D eigenvalue weighted by atomic mass is 32.2. The first-order valence-corrected chi connectivity index (χ1v) is 15.2. The Balaban J connectivity index is 1.86. The topological polar surface area (TPSA) is 86.8 Å². The molecule has 0 spiro atoms. The van der Waals surface area contributed by atoms with Crippen LogP contribution in [0.4, 0.5) is 5.69 Å². The number of nitrogens with zero attached hydrogens (tertiary/aromatic N) is 2. The summed E-state index contributed by atoms with van der Waals surface area (Å²) in [7, 11) is -3.73. The fourth-order valence-corrected chi connectivity index (χ4v) is 5.75. The van der Waals surface area contributed by atoms with E-state index in [1.165, 1.54) is 0 Å². The molecule has 2 amide bonds. The molecule has 1 fully saturated rings. The van der Waals surface area contributed by atoms with E-state index in [0.717, 1.165) is 47.4 Å². The highest BCUT2D eigenvalue weighted by Gasteiger charge is 2.32. The number of carbonyl (C=O) groups excluding carboxylic acids is 2. The Hall–Kier alpha value is -2.87. The first kappa shape index (κ1) is 28.7. The van der Waals surface area contributed by atoms with Crippen molar-refractivity contribution < 1.29 is 18.0 Å². The van der Waals surface area contributed by atoms with Gasteiger partial charge in [0.25, 0.3) is 0 Å². The van der Waals surface area contributed by atoms with Gasteiger partial charge in [-0.25, -0.2) is 8.42 Å². The molecule has 1 saturated carbocycles. The molecule has 202 valence electrons. The van der Waals surface area contributed by atoms with Gasteiger partial charge >= 0.3 is 0 Å². The molecule has 2 aromatic rings. The summed E-state index contributed by atoms with van der Waals surface area (Å²) in [5.41, 5.74) is 2.57. The fourth-order valence-electron chi connectivity index (χ4n) is 4.90. The van der Waals surface area contributed by atoms with Gasteiger partial charge in [-0.05, 0) is 54.9 Å². The predicted molar refractivity (Wildman–Crippen MR) is 149 cm³/mol. The van der Waals surface area contributed by atoms with Crippen molar-refractivity contribution in [1.29, 1.82) is 0 Å². The van der Waals surface area contributed by atoms with E-state index < -0.39 is 16.1 Å². The maximum absolute atomic E-state index is 13.8. The average molecular weight is 528 g/mol. The summed E-state index contributed by atoms with van der Waals surface area (Å²) in [6.45, 7) is 5.99. The van der Waals surface area contributed by atoms with Crippen LogP contribution in [0.5, 0.6) is 0 Å². The molecule has 1 N–H and O–H groups in total. The van der Waals surface area contributed by atoms with E-state index in [4.69, 9.17) is 0 Å². The second kappa shape index (κ2) is 13.1. The predicted octanol–water partition coefficient (Wildman–Crippen LogP) is 4.48. The minimum atomic E-state index is -3.73. The van der Waals surface area contributed by atoms with E-state index in [0.29, 0.717) is 31.0 Å². The minimum Gasteiger partial charge on any atom is -0.352 e. The first-order valence-electron chi connectivity index (χ1n) is 13.3. The molecule has 8 heteroatoms. The lowest BCUT2D eigenvalue weighted by atomic mass is 10.0. The molecule has 1 atom stereocenters. The van der Waals surface area contributed by atoms with Gasteiger partial charge in [-0.15, -0.1) is 0 Å². The second-order valence-electron chi connectivity index (χ2n) is 10.3. The van der Waals surface area contributed by atoms with Gasteiger partial charge in [0.2, 0.25) is 21.8 Å². The van der Waals surface area contributed by atoms with Crippen molar-refractivity contribution in [2.24, 2.45) is 0 Å². The molecular weight excluding hydrogens is 486 g/mol. The Morgan fingerprint density at radius 2 is 1.62 bits per heavy atom. The average Bonchev–Trinajstić information content (AvgIpc) is 3.37. The van der Waals surface area contributed by atoms with E-state index in [2.05, 4.69) is 19.2 Å². The molecule has 0 unspecified atom stereocenters. The number of benzene rings is 2. The van der Waals surface area contributed by atoms with Crippen LogP contribution in [-0.4, -0.2) is 56.6 Å². The van der Waals surface area contributed by atoms with Crippen LogP contribution in [0.3, 0.4) is 0 Å². The van der Waals surface area contributed by atoms with Gasteiger partial charge in [-0.2, -0.15) is 0 Å². The zero-order chi connectivity index (χ0) is 27.0. The molecule has 3 rings (SSSR count). The first-order chi connectivity index (χ1) is 17.6. The van der Waals surface area contributed by atoms with Crippen molar-refractivity contribution in [3.8, 4) is 0 Å². The van der Waals surface area contributed by atoms with Gasteiger partial charge in [0.15, 0.2) is 0 Å². The second-order valence-corrected chi connectivity index (χ2v) is 12.2. The molecule has 1 aliphatic rings. The Kier molecular flexibility index (Phi) is 10.1. The quantitative estimate of drug-likeness (QED) is 0.441. The summed E-state index contributed by atoms with van der Waals surface area (Å²) < 4.78 is 26.7.